The molecule has 0 bridgehead atoms. The number of rotatable bonds is 7. The van der Waals surface area contributed by atoms with Gasteiger partial charge in [0.05, 0.1) is 46.4 Å². The molecule has 1 aromatic carbocycles. The van der Waals surface area contributed by atoms with Crippen LogP contribution in [0.2, 0.25) is 5.02 Å². The number of carbonyl (C=O) groups is 1. The van der Waals surface area contributed by atoms with E-state index in [4.69, 9.17) is 21.4 Å². The third kappa shape index (κ3) is 4.49. The largest absolute Gasteiger partial charge is 0.465 e. The quantitative estimate of drug-likeness (QED) is 0.368. The van der Waals surface area contributed by atoms with Gasteiger partial charge in [-0.25, -0.2) is 9.78 Å². The van der Waals surface area contributed by atoms with Crippen LogP contribution in [0.5, 0.6) is 0 Å². The highest BCUT2D eigenvalue weighted by molar-refractivity contribution is 6.36. The SMILES string of the molecule is CO[C@H]1CN(c2cc(C#N)cc(Nc3nc(NC4CC4)c4ncc(C#N)n4n3)c2Cl)CC1NC(=O)O. The van der Waals surface area contributed by atoms with Crippen molar-refractivity contribution in [2.75, 3.05) is 35.7 Å². The molecule has 0 spiro atoms. The Bertz CT molecular complexity index is 1420. The number of ether oxygens (including phenoxy) is 1. The van der Waals surface area contributed by atoms with E-state index in [1.807, 2.05) is 4.90 Å². The molecule has 2 aliphatic rings. The summed E-state index contributed by atoms with van der Waals surface area (Å²) in [5.41, 5.74) is 1.92. The van der Waals surface area contributed by atoms with E-state index in [1.54, 1.807) is 12.1 Å². The lowest BCUT2D eigenvalue weighted by molar-refractivity contribution is 0.0949. The van der Waals surface area contributed by atoms with Gasteiger partial charge in [-0.15, -0.1) is 5.10 Å². The zero-order valence-electron chi connectivity index (χ0n) is 19.1. The van der Waals surface area contributed by atoms with Gasteiger partial charge in [-0.2, -0.15) is 20.0 Å². The first kappa shape index (κ1) is 23.4. The van der Waals surface area contributed by atoms with Gasteiger partial charge in [0.1, 0.15) is 6.07 Å². The minimum Gasteiger partial charge on any atom is -0.465 e. The summed E-state index contributed by atoms with van der Waals surface area (Å²) >= 11 is 6.77. The Hall–Kier alpha value is -4.33. The molecule has 3 aromatic rings. The summed E-state index contributed by atoms with van der Waals surface area (Å²) in [6, 6.07) is 7.20. The van der Waals surface area contributed by atoms with Gasteiger partial charge in [0.15, 0.2) is 17.2 Å². The van der Waals surface area contributed by atoms with Gasteiger partial charge in [0, 0.05) is 26.2 Å². The lowest BCUT2D eigenvalue weighted by Gasteiger charge is -2.22. The molecule has 2 atom stereocenters. The van der Waals surface area contributed by atoms with Crippen molar-refractivity contribution in [3.63, 3.8) is 0 Å². The van der Waals surface area contributed by atoms with Crippen molar-refractivity contribution in [1.29, 1.82) is 10.5 Å². The molecule has 2 aromatic heterocycles. The minimum absolute atomic E-state index is 0.157. The standard InChI is InChI=1S/C22H21ClN10O3/c1-36-17-10-32(9-15(17)29-22(34)35)16-5-11(6-24)4-14(18(16)23)28-21-30-19(27-12-2-3-12)20-26-8-13(7-25)33(20)31-21/h4-5,8,12,15,17,29H,2-3,9-10H2,1H3,(H,34,35)(H2,27,28,30,31)/t15?,17-/m0/s1. The molecule has 0 radical (unpaired) electrons. The lowest BCUT2D eigenvalue weighted by atomic mass is 10.1. The van der Waals surface area contributed by atoms with Crippen molar-refractivity contribution >= 4 is 46.5 Å². The number of aromatic nitrogens is 4. The topological polar surface area (TPSA) is 177 Å². The molecular formula is C22H21ClN10O3. The van der Waals surface area contributed by atoms with Crippen molar-refractivity contribution in [3.8, 4) is 12.1 Å². The van der Waals surface area contributed by atoms with Crippen LogP contribution in [0.25, 0.3) is 5.65 Å². The lowest BCUT2D eigenvalue weighted by Crippen LogP contribution is -2.42. The van der Waals surface area contributed by atoms with Crippen molar-refractivity contribution in [1.82, 2.24) is 24.9 Å². The molecule has 4 N–H and O–H groups in total. The predicted molar refractivity (Wildman–Crippen MR) is 130 cm³/mol. The number of benzene rings is 1. The number of hydrogen-bond acceptors (Lipinski definition) is 10. The molecule has 3 heterocycles. The van der Waals surface area contributed by atoms with Crippen LogP contribution in [0, 0.1) is 22.7 Å². The van der Waals surface area contributed by atoms with Crippen LogP contribution < -0.4 is 20.9 Å². The third-order valence-electron chi connectivity index (χ3n) is 6.04. The number of imidazole rings is 1. The highest BCUT2D eigenvalue weighted by Crippen LogP contribution is 2.38. The third-order valence-corrected chi connectivity index (χ3v) is 6.44. The Morgan fingerprint density at radius 1 is 1.28 bits per heavy atom. The second-order valence-electron chi connectivity index (χ2n) is 8.52. The van der Waals surface area contributed by atoms with E-state index in [-0.39, 0.29) is 17.7 Å². The molecule has 184 valence electrons. The average molecular weight is 509 g/mol. The van der Waals surface area contributed by atoms with Crippen LogP contribution >= 0.6 is 11.6 Å². The second kappa shape index (κ2) is 9.37. The number of amides is 1. The van der Waals surface area contributed by atoms with Gasteiger partial charge in [-0.1, -0.05) is 11.6 Å². The first-order valence-corrected chi connectivity index (χ1v) is 11.5. The van der Waals surface area contributed by atoms with Gasteiger partial charge in [0.25, 0.3) is 0 Å². The number of hydrogen-bond donors (Lipinski definition) is 4. The van der Waals surface area contributed by atoms with E-state index < -0.39 is 18.2 Å². The average Bonchev–Trinajstić information content (AvgIpc) is 3.43. The fourth-order valence-electron chi connectivity index (χ4n) is 4.15. The maximum absolute atomic E-state index is 11.2. The number of methoxy groups -OCH3 is 1. The number of nitriles is 2. The fraction of sp³-hybridized carbons (Fsp3) is 0.364. The summed E-state index contributed by atoms with van der Waals surface area (Å²) in [5.74, 6) is 0.638. The zero-order valence-corrected chi connectivity index (χ0v) is 19.8. The first-order chi connectivity index (χ1) is 17.4. The van der Waals surface area contributed by atoms with Crippen LogP contribution in [0.1, 0.15) is 24.1 Å². The van der Waals surface area contributed by atoms with Crippen LogP contribution in [0.4, 0.5) is 27.9 Å². The number of carboxylic acid groups (broad SMARTS) is 1. The Morgan fingerprint density at radius 2 is 2.08 bits per heavy atom. The van der Waals surface area contributed by atoms with Crippen molar-refractivity contribution < 1.29 is 14.6 Å². The molecule has 1 saturated heterocycles. The summed E-state index contributed by atoms with van der Waals surface area (Å²) in [5, 5.41) is 41.8. The molecule has 36 heavy (non-hydrogen) atoms. The maximum Gasteiger partial charge on any atom is 0.405 e. The Balaban J connectivity index is 1.51. The number of nitrogens with one attached hydrogen (secondary N) is 3. The van der Waals surface area contributed by atoms with E-state index in [0.717, 1.165) is 12.8 Å². The predicted octanol–water partition coefficient (Wildman–Crippen LogP) is 2.31. The molecule has 1 unspecified atom stereocenters. The Labute approximate surface area is 210 Å². The molecule has 14 heteroatoms. The number of nitrogens with zero attached hydrogens (tertiary/aromatic N) is 7. The van der Waals surface area contributed by atoms with Gasteiger partial charge in [-0.3, -0.25) is 0 Å². The van der Waals surface area contributed by atoms with Gasteiger partial charge in [-0.05, 0) is 25.0 Å². The highest BCUT2D eigenvalue weighted by atomic mass is 35.5. The van der Waals surface area contributed by atoms with E-state index in [1.165, 1.54) is 17.8 Å². The molecule has 5 rings (SSSR count). The molecule has 1 aliphatic carbocycles. The van der Waals surface area contributed by atoms with Crippen molar-refractivity contribution in [2.24, 2.45) is 0 Å². The Kier molecular flexibility index (Phi) is 6.10. The second-order valence-corrected chi connectivity index (χ2v) is 8.90. The van der Waals surface area contributed by atoms with E-state index in [2.05, 4.69) is 43.2 Å². The smallest absolute Gasteiger partial charge is 0.405 e. The van der Waals surface area contributed by atoms with Crippen LogP contribution in [-0.4, -0.2) is 69.2 Å². The van der Waals surface area contributed by atoms with E-state index in [9.17, 15) is 15.3 Å². The molecule has 13 nitrogen and oxygen atoms in total. The summed E-state index contributed by atoms with van der Waals surface area (Å²) in [4.78, 5) is 21.9. The van der Waals surface area contributed by atoms with Crippen molar-refractivity contribution in [2.45, 2.75) is 31.0 Å². The monoisotopic (exact) mass is 508 g/mol. The number of fused-ring (bicyclic) bond motifs is 1. The number of anilines is 4. The maximum atomic E-state index is 11.2. The van der Waals surface area contributed by atoms with Gasteiger partial charge in [0.2, 0.25) is 5.95 Å². The van der Waals surface area contributed by atoms with Crippen molar-refractivity contribution in [3.05, 3.63) is 34.6 Å². The van der Waals surface area contributed by atoms with E-state index >= 15 is 0 Å². The summed E-state index contributed by atoms with van der Waals surface area (Å²) in [6.07, 6.45) is 1.91. The highest BCUT2D eigenvalue weighted by Gasteiger charge is 2.35. The first-order valence-electron chi connectivity index (χ1n) is 11.1. The Morgan fingerprint density at radius 3 is 2.75 bits per heavy atom. The van der Waals surface area contributed by atoms with E-state index in [0.29, 0.717) is 46.5 Å². The summed E-state index contributed by atoms with van der Waals surface area (Å²) in [6.45, 7) is 0.672. The van der Waals surface area contributed by atoms with Gasteiger partial charge >= 0.3 is 6.09 Å². The van der Waals surface area contributed by atoms with Crippen LogP contribution in [-0.2, 0) is 4.74 Å². The number of halogens is 1. The van der Waals surface area contributed by atoms with Crippen LogP contribution in [0.3, 0.4) is 0 Å². The molecule has 2 fully saturated rings. The van der Waals surface area contributed by atoms with Crippen LogP contribution in [0.15, 0.2) is 18.3 Å². The zero-order chi connectivity index (χ0) is 25.4. The molecule has 1 aliphatic heterocycles. The normalized spacial score (nSPS) is 19.1. The summed E-state index contributed by atoms with van der Waals surface area (Å²) in [7, 11) is 1.51. The molecular weight excluding hydrogens is 488 g/mol. The van der Waals surface area contributed by atoms with Gasteiger partial charge < -0.3 is 30.7 Å². The fourth-order valence-corrected chi connectivity index (χ4v) is 4.43. The minimum atomic E-state index is -1.15. The molecule has 1 amide bonds. The summed E-state index contributed by atoms with van der Waals surface area (Å²) < 4.78 is 6.85. The molecule has 1 saturated carbocycles.